The molecule has 1 aliphatic heterocycles. The highest BCUT2D eigenvalue weighted by molar-refractivity contribution is 5.58. The zero-order valence-corrected chi connectivity index (χ0v) is 13.3. The van der Waals surface area contributed by atoms with Crippen molar-refractivity contribution in [1.29, 1.82) is 0 Å². The molecule has 2 heteroatoms. The Bertz CT molecular complexity index is 690. The summed E-state index contributed by atoms with van der Waals surface area (Å²) in [6, 6.07) is 17.9. The van der Waals surface area contributed by atoms with E-state index in [0.717, 1.165) is 19.4 Å². The van der Waals surface area contributed by atoms with E-state index in [2.05, 4.69) is 60.4 Å². The Hall–Kier alpha value is -1.80. The number of nitrogens with zero attached hydrogens (tertiary/aromatic N) is 1. The van der Waals surface area contributed by atoms with Crippen LogP contribution in [0.15, 0.2) is 48.5 Å². The second kappa shape index (κ2) is 5.13. The molecule has 2 nitrogen and oxygen atoms in total. The zero-order valence-electron chi connectivity index (χ0n) is 13.3. The van der Waals surface area contributed by atoms with Crippen LogP contribution in [0.3, 0.4) is 0 Å². The van der Waals surface area contributed by atoms with Gasteiger partial charge in [-0.2, -0.15) is 0 Å². The van der Waals surface area contributed by atoms with Crippen molar-refractivity contribution < 1.29 is 0 Å². The first kappa shape index (κ1) is 13.8. The van der Waals surface area contributed by atoms with E-state index in [1.54, 1.807) is 0 Å². The summed E-state index contributed by atoms with van der Waals surface area (Å²) in [6.45, 7) is 3.34. The van der Waals surface area contributed by atoms with Gasteiger partial charge >= 0.3 is 0 Å². The molecule has 0 bridgehead atoms. The molecule has 0 spiro atoms. The second-order valence-electron chi connectivity index (χ2n) is 6.92. The van der Waals surface area contributed by atoms with Gasteiger partial charge in [-0.25, -0.2) is 0 Å². The lowest BCUT2D eigenvalue weighted by Crippen LogP contribution is -2.58. The highest BCUT2D eigenvalue weighted by Crippen LogP contribution is 2.40. The molecule has 22 heavy (non-hydrogen) atoms. The van der Waals surface area contributed by atoms with Crippen molar-refractivity contribution in [2.75, 3.05) is 11.4 Å². The fourth-order valence-electron chi connectivity index (χ4n) is 4.40. The first-order valence-electron chi connectivity index (χ1n) is 8.40. The zero-order chi connectivity index (χ0) is 15.2. The summed E-state index contributed by atoms with van der Waals surface area (Å²) >= 11 is 0. The standard InChI is InChI=1S/C20H24N2/c1-20(21)17-10-4-2-7-15(17)12-13-19(20)22-14-6-9-16-8-3-5-11-18(16)22/h2-5,7-8,10-11,19H,6,9,12-14,21H2,1H3. The van der Waals surface area contributed by atoms with Crippen molar-refractivity contribution >= 4 is 5.69 Å². The van der Waals surface area contributed by atoms with Gasteiger partial charge in [0.1, 0.15) is 0 Å². The highest BCUT2D eigenvalue weighted by Gasteiger charge is 2.41. The van der Waals surface area contributed by atoms with Crippen molar-refractivity contribution in [2.45, 2.75) is 44.2 Å². The molecule has 2 N–H and O–H groups in total. The maximum Gasteiger partial charge on any atom is 0.0590 e. The van der Waals surface area contributed by atoms with Crippen molar-refractivity contribution in [1.82, 2.24) is 0 Å². The van der Waals surface area contributed by atoms with Gasteiger partial charge in [-0.15, -0.1) is 0 Å². The number of rotatable bonds is 1. The second-order valence-corrected chi connectivity index (χ2v) is 6.92. The van der Waals surface area contributed by atoms with Gasteiger partial charge in [-0.05, 0) is 55.4 Å². The molecule has 0 radical (unpaired) electrons. The molecule has 0 saturated heterocycles. The molecule has 2 aromatic carbocycles. The Morgan fingerprint density at radius 3 is 2.59 bits per heavy atom. The van der Waals surface area contributed by atoms with E-state index < -0.39 is 0 Å². The fraction of sp³-hybridized carbons (Fsp3) is 0.400. The summed E-state index contributed by atoms with van der Waals surface area (Å²) in [4.78, 5) is 2.58. The molecule has 0 amide bonds. The normalized spacial score (nSPS) is 27.2. The molecule has 114 valence electrons. The summed E-state index contributed by atoms with van der Waals surface area (Å²) in [5.41, 5.74) is 12.2. The van der Waals surface area contributed by atoms with Crippen molar-refractivity contribution in [3.8, 4) is 0 Å². The number of nitrogens with two attached hydrogens (primary N) is 1. The van der Waals surface area contributed by atoms with E-state index >= 15 is 0 Å². The quantitative estimate of drug-likeness (QED) is 0.869. The Morgan fingerprint density at radius 2 is 1.73 bits per heavy atom. The number of fused-ring (bicyclic) bond motifs is 2. The van der Waals surface area contributed by atoms with Gasteiger partial charge in [-0.1, -0.05) is 42.5 Å². The third-order valence-corrected chi connectivity index (χ3v) is 5.50. The van der Waals surface area contributed by atoms with Crippen molar-refractivity contribution in [3.63, 3.8) is 0 Å². The number of para-hydroxylation sites is 1. The lowest BCUT2D eigenvalue weighted by atomic mass is 9.73. The molecule has 1 heterocycles. The smallest absolute Gasteiger partial charge is 0.0590 e. The van der Waals surface area contributed by atoms with Crippen LogP contribution in [0.25, 0.3) is 0 Å². The van der Waals surface area contributed by atoms with Gasteiger partial charge in [0.15, 0.2) is 0 Å². The first-order valence-corrected chi connectivity index (χ1v) is 8.40. The van der Waals surface area contributed by atoms with Crippen LogP contribution in [0.1, 0.15) is 36.5 Å². The molecule has 0 saturated carbocycles. The third kappa shape index (κ3) is 2.05. The van der Waals surface area contributed by atoms with Crippen LogP contribution in [-0.2, 0) is 18.4 Å². The molecule has 0 fully saturated rings. The molecule has 0 aromatic heterocycles. The van der Waals surface area contributed by atoms with Crippen LogP contribution in [0.2, 0.25) is 0 Å². The van der Waals surface area contributed by atoms with E-state index in [1.165, 1.54) is 35.2 Å². The summed E-state index contributed by atoms with van der Waals surface area (Å²) in [5, 5.41) is 0. The number of hydrogen-bond donors (Lipinski definition) is 1. The molecule has 2 atom stereocenters. The number of anilines is 1. The Morgan fingerprint density at radius 1 is 1.00 bits per heavy atom. The Balaban J connectivity index is 1.76. The summed E-state index contributed by atoms with van der Waals surface area (Å²) < 4.78 is 0. The minimum atomic E-state index is -0.292. The van der Waals surface area contributed by atoms with Crippen molar-refractivity contribution in [2.24, 2.45) is 5.73 Å². The van der Waals surface area contributed by atoms with E-state index in [9.17, 15) is 0 Å². The molecular formula is C20H24N2. The average Bonchev–Trinajstić information content (AvgIpc) is 2.55. The van der Waals surface area contributed by atoms with Gasteiger partial charge in [0, 0.05) is 12.2 Å². The molecule has 2 aromatic rings. The minimum Gasteiger partial charge on any atom is -0.366 e. The van der Waals surface area contributed by atoms with E-state index in [4.69, 9.17) is 5.73 Å². The number of aryl methyl sites for hydroxylation is 2. The summed E-state index contributed by atoms with van der Waals surface area (Å²) in [7, 11) is 0. The van der Waals surface area contributed by atoms with Gasteiger partial charge in [0.2, 0.25) is 0 Å². The molecule has 2 aliphatic rings. The fourth-order valence-corrected chi connectivity index (χ4v) is 4.40. The SMILES string of the molecule is CC1(N)c2ccccc2CCC1N1CCCc2ccccc21. The van der Waals surface area contributed by atoms with Crippen LogP contribution in [0, 0.1) is 0 Å². The van der Waals surface area contributed by atoms with Crippen LogP contribution in [-0.4, -0.2) is 12.6 Å². The van der Waals surface area contributed by atoms with Crippen LogP contribution in [0.5, 0.6) is 0 Å². The topological polar surface area (TPSA) is 29.3 Å². The monoisotopic (exact) mass is 292 g/mol. The number of hydrogen-bond acceptors (Lipinski definition) is 2. The predicted octanol–water partition coefficient (Wildman–Crippen LogP) is 3.63. The summed E-state index contributed by atoms with van der Waals surface area (Å²) in [5.74, 6) is 0. The lowest BCUT2D eigenvalue weighted by Gasteiger charge is -2.48. The van der Waals surface area contributed by atoms with Gasteiger partial charge in [0.05, 0.1) is 11.6 Å². The summed E-state index contributed by atoms with van der Waals surface area (Å²) in [6.07, 6.45) is 4.69. The lowest BCUT2D eigenvalue weighted by molar-refractivity contribution is 0.320. The maximum absolute atomic E-state index is 6.88. The molecule has 2 unspecified atom stereocenters. The maximum atomic E-state index is 6.88. The van der Waals surface area contributed by atoms with Crippen molar-refractivity contribution in [3.05, 3.63) is 65.2 Å². The van der Waals surface area contributed by atoms with E-state index in [-0.39, 0.29) is 5.54 Å². The van der Waals surface area contributed by atoms with E-state index in [1.807, 2.05) is 0 Å². The largest absolute Gasteiger partial charge is 0.366 e. The van der Waals surface area contributed by atoms with Crippen LogP contribution in [0.4, 0.5) is 5.69 Å². The number of benzene rings is 2. The van der Waals surface area contributed by atoms with Crippen LogP contribution < -0.4 is 10.6 Å². The molecule has 1 aliphatic carbocycles. The van der Waals surface area contributed by atoms with Gasteiger partial charge in [0.25, 0.3) is 0 Å². The van der Waals surface area contributed by atoms with Gasteiger partial charge < -0.3 is 10.6 Å². The Kier molecular flexibility index (Phi) is 3.23. The Labute approximate surface area is 132 Å². The van der Waals surface area contributed by atoms with Crippen LogP contribution >= 0.6 is 0 Å². The molecule has 4 rings (SSSR count). The average molecular weight is 292 g/mol. The molecular weight excluding hydrogens is 268 g/mol. The highest BCUT2D eigenvalue weighted by atomic mass is 15.2. The van der Waals surface area contributed by atoms with Gasteiger partial charge in [-0.3, -0.25) is 0 Å². The minimum absolute atomic E-state index is 0.292. The first-order chi connectivity index (χ1) is 10.7. The third-order valence-electron chi connectivity index (χ3n) is 5.50. The predicted molar refractivity (Wildman–Crippen MR) is 92.2 cm³/mol. The van der Waals surface area contributed by atoms with E-state index in [0.29, 0.717) is 6.04 Å².